The molecule has 4 atom stereocenters. The molecular weight excluding hydrogens is 464 g/mol. The second kappa shape index (κ2) is 16.6. The minimum atomic E-state index is -1.45. The molecule has 184 valence electrons. The van der Waals surface area contributed by atoms with Crippen molar-refractivity contribution in [3.05, 3.63) is 0 Å². The van der Waals surface area contributed by atoms with Gasteiger partial charge in [-0.3, -0.25) is 19.2 Å². The van der Waals surface area contributed by atoms with Gasteiger partial charge in [0, 0.05) is 6.42 Å². The molecule has 0 aliphatic heterocycles. The zero-order valence-electron chi connectivity index (χ0n) is 18.0. The predicted molar refractivity (Wildman–Crippen MR) is 121 cm³/mol. The molecule has 0 aromatic carbocycles. The maximum Gasteiger partial charge on any atom is 0.326 e. The summed E-state index contributed by atoms with van der Waals surface area (Å²) in [5, 5.41) is 34.4. The summed E-state index contributed by atoms with van der Waals surface area (Å²) in [6.45, 7) is -0.736. The first-order valence-corrected chi connectivity index (χ1v) is 12.6. The van der Waals surface area contributed by atoms with Crippen LogP contribution < -0.4 is 21.7 Å². The number of carboxylic acids is 2. The van der Waals surface area contributed by atoms with Crippen molar-refractivity contribution in [2.75, 3.05) is 30.6 Å². The van der Waals surface area contributed by atoms with Gasteiger partial charge in [0.15, 0.2) is 0 Å². The monoisotopic (exact) mass is 496 g/mol. The molecule has 0 heterocycles. The summed E-state index contributed by atoms with van der Waals surface area (Å²) in [6, 6.07) is -4.83. The molecule has 0 aliphatic rings. The van der Waals surface area contributed by atoms with Crippen LogP contribution in [0.25, 0.3) is 0 Å². The number of carbonyl (C=O) groups excluding carboxylic acids is 3. The molecule has 0 rings (SSSR count). The highest BCUT2D eigenvalue weighted by molar-refractivity contribution is 7.98. The lowest BCUT2D eigenvalue weighted by Crippen LogP contribution is -2.58. The van der Waals surface area contributed by atoms with Crippen LogP contribution in [0.3, 0.4) is 0 Å². The molecule has 32 heavy (non-hydrogen) atoms. The smallest absolute Gasteiger partial charge is 0.326 e. The first-order chi connectivity index (χ1) is 15.1. The molecule has 3 amide bonds. The van der Waals surface area contributed by atoms with Crippen molar-refractivity contribution in [1.29, 1.82) is 0 Å². The van der Waals surface area contributed by atoms with Gasteiger partial charge in [0.05, 0.1) is 12.6 Å². The number of hydrogen-bond acceptors (Lipinski definition) is 9. The number of amides is 3. The third kappa shape index (κ3) is 12.1. The fraction of sp³-hybridized carbons (Fsp3) is 0.722. The molecule has 0 fully saturated rings. The number of hydrogen-bond donors (Lipinski definition) is 7. The fourth-order valence-electron chi connectivity index (χ4n) is 2.42. The number of thioether (sulfide) groups is 2. The van der Waals surface area contributed by atoms with Crippen LogP contribution in [0.15, 0.2) is 0 Å². The van der Waals surface area contributed by atoms with Crippen molar-refractivity contribution in [2.45, 2.75) is 49.9 Å². The van der Waals surface area contributed by atoms with Crippen molar-refractivity contribution >= 4 is 53.2 Å². The van der Waals surface area contributed by atoms with Gasteiger partial charge in [0.25, 0.3) is 0 Å². The molecule has 0 radical (unpaired) electrons. The quantitative estimate of drug-likeness (QED) is 0.120. The lowest BCUT2D eigenvalue weighted by molar-refractivity contribution is -0.143. The van der Waals surface area contributed by atoms with E-state index in [2.05, 4.69) is 16.0 Å². The van der Waals surface area contributed by atoms with Crippen molar-refractivity contribution in [3.8, 4) is 0 Å². The van der Waals surface area contributed by atoms with Crippen molar-refractivity contribution in [3.63, 3.8) is 0 Å². The molecule has 0 aromatic rings. The molecule has 0 aromatic heterocycles. The Balaban J connectivity index is 5.18. The van der Waals surface area contributed by atoms with Gasteiger partial charge in [-0.05, 0) is 43.3 Å². The van der Waals surface area contributed by atoms with E-state index in [9.17, 15) is 34.2 Å². The Bertz CT molecular complexity index is 652. The number of nitrogens with two attached hydrogens (primary N) is 1. The standard InChI is InChI=1S/C18H32N4O8S2/c1-31-7-5-10(19)15(26)22-13(9-23)17(28)20-11(6-8-32-2)16(27)21-12(18(29)30)3-4-14(24)25/h10-13,23H,3-9,19H2,1-2H3,(H,20,28)(H,21,27)(H,22,26)(H,24,25)(H,29,30). The molecule has 0 aliphatic carbocycles. The van der Waals surface area contributed by atoms with E-state index in [1.165, 1.54) is 23.5 Å². The highest BCUT2D eigenvalue weighted by Gasteiger charge is 2.30. The maximum atomic E-state index is 12.6. The van der Waals surface area contributed by atoms with Crippen LogP contribution in [0.2, 0.25) is 0 Å². The normalized spacial score (nSPS) is 14.5. The molecule has 0 spiro atoms. The summed E-state index contributed by atoms with van der Waals surface area (Å²) in [5.74, 6) is -3.82. The van der Waals surface area contributed by atoms with E-state index >= 15 is 0 Å². The van der Waals surface area contributed by atoms with Crippen LogP contribution in [-0.4, -0.2) is 99.8 Å². The van der Waals surface area contributed by atoms with Gasteiger partial charge in [0.2, 0.25) is 17.7 Å². The second-order valence-electron chi connectivity index (χ2n) is 6.81. The molecular formula is C18H32N4O8S2. The van der Waals surface area contributed by atoms with E-state index in [0.717, 1.165) is 0 Å². The Morgan fingerprint density at radius 3 is 1.78 bits per heavy atom. The number of rotatable bonds is 17. The minimum absolute atomic E-state index is 0.142. The Morgan fingerprint density at radius 1 is 0.781 bits per heavy atom. The summed E-state index contributed by atoms with van der Waals surface area (Å²) in [6.07, 6.45) is 3.35. The number of aliphatic hydroxyl groups is 1. The fourth-order valence-corrected chi connectivity index (χ4v) is 3.38. The van der Waals surface area contributed by atoms with Gasteiger partial charge in [-0.25, -0.2) is 4.79 Å². The largest absolute Gasteiger partial charge is 0.481 e. The zero-order valence-corrected chi connectivity index (χ0v) is 19.7. The molecule has 4 unspecified atom stereocenters. The summed E-state index contributed by atoms with van der Waals surface area (Å²) in [7, 11) is 0. The molecule has 14 heteroatoms. The minimum Gasteiger partial charge on any atom is -0.481 e. The summed E-state index contributed by atoms with van der Waals surface area (Å²) in [4.78, 5) is 59.3. The van der Waals surface area contributed by atoms with Gasteiger partial charge in [0.1, 0.15) is 18.1 Å². The van der Waals surface area contributed by atoms with Crippen LogP contribution in [0.1, 0.15) is 25.7 Å². The Kier molecular flexibility index (Phi) is 15.5. The van der Waals surface area contributed by atoms with Crippen LogP contribution in [0.5, 0.6) is 0 Å². The van der Waals surface area contributed by atoms with E-state index in [0.29, 0.717) is 17.9 Å². The van der Waals surface area contributed by atoms with E-state index in [4.69, 9.17) is 10.8 Å². The van der Waals surface area contributed by atoms with Gasteiger partial charge in [-0.1, -0.05) is 0 Å². The van der Waals surface area contributed by atoms with Gasteiger partial charge in [-0.15, -0.1) is 0 Å². The van der Waals surface area contributed by atoms with E-state index < -0.39 is 66.9 Å². The lowest BCUT2D eigenvalue weighted by atomic mass is 10.1. The molecule has 8 N–H and O–H groups in total. The van der Waals surface area contributed by atoms with Gasteiger partial charge >= 0.3 is 11.9 Å². The van der Waals surface area contributed by atoms with E-state index in [-0.39, 0.29) is 12.8 Å². The summed E-state index contributed by atoms with van der Waals surface area (Å²) in [5.41, 5.74) is 5.75. The van der Waals surface area contributed by atoms with Crippen molar-refractivity contribution in [1.82, 2.24) is 16.0 Å². The predicted octanol–water partition coefficient (Wildman–Crippen LogP) is -1.78. The number of aliphatic hydroxyl groups excluding tert-OH is 1. The molecule has 0 saturated carbocycles. The number of aliphatic carboxylic acids is 2. The molecule has 0 saturated heterocycles. The van der Waals surface area contributed by atoms with Crippen LogP contribution >= 0.6 is 23.5 Å². The average molecular weight is 497 g/mol. The highest BCUT2D eigenvalue weighted by atomic mass is 32.2. The van der Waals surface area contributed by atoms with Crippen molar-refractivity contribution in [2.24, 2.45) is 5.73 Å². The van der Waals surface area contributed by atoms with Gasteiger partial charge in [-0.2, -0.15) is 23.5 Å². The SMILES string of the molecule is CSCCC(N)C(=O)NC(CO)C(=O)NC(CCSC)C(=O)NC(CCC(=O)O)C(=O)O. The third-order valence-electron chi connectivity index (χ3n) is 4.29. The van der Waals surface area contributed by atoms with Crippen LogP contribution in [0, 0.1) is 0 Å². The topological polar surface area (TPSA) is 208 Å². The zero-order chi connectivity index (χ0) is 24.7. The Hall–Kier alpha value is -2.03. The first kappa shape index (κ1) is 30.0. The highest BCUT2D eigenvalue weighted by Crippen LogP contribution is 2.05. The molecule has 12 nitrogen and oxygen atoms in total. The molecule has 0 bridgehead atoms. The van der Waals surface area contributed by atoms with Crippen molar-refractivity contribution < 1.29 is 39.3 Å². The Labute approximate surface area is 194 Å². The summed E-state index contributed by atoms with van der Waals surface area (Å²) < 4.78 is 0. The second-order valence-corrected chi connectivity index (χ2v) is 8.78. The maximum absolute atomic E-state index is 12.6. The lowest BCUT2D eigenvalue weighted by Gasteiger charge is -2.24. The number of carbonyl (C=O) groups is 5. The van der Waals surface area contributed by atoms with Crippen LogP contribution in [-0.2, 0) is 24.0 Å². The van der Waals surface area contributed by atoms with E-state index in [1.54, 1.807) is 6.26 Å². The average Bonchev–Trinajstić information content (AvgIpc) is 2.74. The Morgan fingerprint density at radius 2 is 1.28 bits per heavy atom. The first-order valence-electron chi connectivity index (χ1n) is 9.77. The number of carboxylic acid groups (broad SMARTS) is 2. The number of nitrogens with one attached hydrogen (secondary N) is 3. The summed E-state index contributed by atoms with van der Waals surface area (Å²) >= 11 is 2.89. The van der Waals surface area contributed by atoms with Gasteiger partial charge < -0.3 is 37.0 Å². The third-order valence-corrected chi connectivity index (χ3v) is 5.58. The van der Waals surface area contributed by atoms with E-state index in [1.807, 2.05) is 6.26 Å². The van der Waals surface area contributed by atoms with Crippen LogP contribution in [0.4, 0.5) is 0 Å².